The highest BCUT2D eigenvalue weighted by Gasteiger charge is 2.19. The number of benzene rings is 1. The number of nitrogens with one attached hydrogen (secondary N) is 3. The first-order valence-electron chi connectivity index (χ1n) is 8.28. The van der Waals surface area contributed by atoms with Crippen LogP contribution in [-0.4, -0.2) is 38.7 Å². The van der Waals surface area contributed by atoms with Crippen molar-refractivity contribution in [2.45, 2.75) is 6.42 Å². The molecule has 0 radical (unpaired) electrons. The van der Waals surface area contributed by atoms with E-state index in [0.29, 0.717) is 12.0 Å². The maximum Gasteiger partial charge on any atom is 0.358 e. The molecule has 3 aromatic rings. The molecule has 29 heavy (non-hydrogen) atoms. The number of carbonyl (C=O) groups excluding carboxylic acids is 1. The zero-order chi connectivity index (χ0) is 21.0. The highest BCUT2D eigenvalue weighted by Crippen LogP contribution is 2.29. The van der Waals surface area contributed by atoms with Crippen molar-refractivity contribution in [3.8, 4) is 17.1 Å². The monoisotopic (exact) mass is 418 g/mol. The Labute approximate surface area is 166 Å². The van der Waals surface area contributed by atoms with Gasteiger partial charge in [0.1, 0.15) is 11.6 Å². The molecule has 0 spiro atoms. The van der Waals surface area contributed by atoms with Crippen LogP contribution >= 0.6 is 11.3 Å². The number of carbonyl (C=O) groups is 2. The number of carboxylic acids is 1. The van der Waals surface area contributed by atoms with Crippen LogP contribution in [0.1, 0.15) is 16.1 Å². The molecule has 0 fully saturated rings. The first kappa shape index (κ1) is 20.0. The number of aromatic nitrogens is 2. The van der Waals surface area contributed by atoms with E-state index >= 15 is 0 Å². The summed E-state index contributed by atoms with van der Waals surface area (Å²) < 4.78 is 13.6. The number of carboxylic acid groups (broad SMARTS) is 1. The predicted molar refractivity (Wildman–Crippen MR) is 104 cm³/mol. The number of anilines is 1. The van der Waals surface area contributed by atoms with Gasteiger partial charge in [-0.2, -0.15) is 0 Å². The summed E-state index contributed by atoms with van der Waals surface area (Å²) in [6, 6.07) is 5.67. The van der Waals surface area contributed by atoms with Crippen LogP contribution in [0.25, 0.3) is 11.4 Å². The van der Waals surface area contributed by atoms with Crippen molar-refractivity contribution in [1.82, 2.24) is 15.3 Å². The first-order valence-corrected chi connectivity index (χ1v) is 9.22. The summed E-state index contributed by atoms with van der Waals surface area (Å²) in [5, 5.41) is 26.9. The number of H-pyrrole nitrogens is 1. The fourth-order valence-electron chi connectivity index (χ4n) is 2.50. The molecule has 2 amide bonds. The lowest BCUT2D eigenvalue weighted by Gasteiger charge is -2.09. The van der Waals surface area contributed by atoms with E-state index < -0.39 is 29.0 Å². The van der Waals surface area contributed by atoms with Gasteiger partial charge in [-0.3, -0.25) is 4.79 Å². The van der Waals surface area contributed by atoms with E-state index in [2.05, 4.69) is 20.6 Å². The molecule has 2 aromatic heterocycles. The number of urea groups is 1. The van der Waals surface area contributed by atoms with Gasteiger partial charge < -0.3 is 25.8 Å². The van der Waals surface area contributed by atoms with Gasteiger partial charge in [-0.25, -0.2) is 19.0 Å². The third-order valence-corrected chi connectivity index (χ3v) is 4.64. The quantitative estimate of drug-likeness (QED) is 0.416. The Balaban J connectivity index is 1.71. The number of halogens is 1. The van der Waals surface area contributed by atoms with Crippen molar-refractivity contribution < 1.29 is 24.2 Å². The standard InChI is InChI=1S/C18H15FN4O5S/c19-11-4-2-1-3-9(11)5-6-20-18(28)21-12-8-29-7-10(12)15-22-13(17(26)27)14(24)16(25)23-15/h1-4,7-8,24H,5-6H2,(H,26,27)(H2,20,21,28)(H,22,23,25). The molecular weight excluding hydrogens is 403 g/mol. The second-order valence-electron chi connectivity index (χ2n) is 5.84. The van der Waals surface area contributed by atoms with Crippen LogP contribution in [-0.2, 0) is 6.42 Å². The number of amides is 2. The number of rotatable bonds is 6. The van der Waals surface area contributed by atoms with Gasteiger partial charge in [0.25, 0.3) is 5.56 Å². The van der Waals surface area contributed by atoms with Crippen molar-refractivity contribution >= 4 is 29.0 Å². The molecule has 0 atom stereocenters. The largest absolute Gasteiger partial charge is 0.501 e. The highest BCUT2D eigenvalue weighted by atomic mass is 32.1. The molecule has 11 heteroatoms. The van der Waals surface area contributed by atoms with E-state index in [1.807, 2.05) is 0 Å². The lowest BCUT2D eigenvalue weighted by molar-refractivity contribution is 0.0686. The fraction of sp³-hybridized carbons (Fsp3) is 0.111. The normalized spacial score (nSPS) is 10.5. The van der Waals surface area contributed by atoms with Crippen molar-refractivity contribution in [2.24, 2.45) is 0 Å². The first-order chi connectivity index (χ1) is 13.9. The summed E-state index contributed by atoms with van der Waals surface area (Å²) in [5.41, 5.74) is -0.785. The topological polar surface area (TPSA) is 144 Å². The molecule has 0 saturated carbocycles. The minimum absolute atomic E-state index is 0.117. The molecule has 0 aliphatic carbocycles. The average molecular weight is 418 g/mol. The Hall–Kier alpha value is -3.73. The van der Waals surface area contributed by atoms with E-state index in [4.69, 9.17) is 5.11 Å². The summed E-state index contributed by atoms with van der Waals surface area (Å²) in [7, 11) is 0. The van der Waals surface area contributed by atoms with Crippen molar-refractivity contribution in [3.63, 3.8) is 0 Å². The Bertz CT molecular complexity index is 1130. The van der Waals surface area contributed by atoms with Crippen LogP contribution in [0.3, 0.4) is 0 Å². The van der Waals surface area contributed by atoms with Crippen molar-refractivity contribution in [1.29, 1.82) is 0 Å². The molecule has 0 aliphatic heterocycles. The van der Waals surface area contributed by atoms with Gasteiger partial charge in [0, 0.05) is 17.3 Å². The van der Waals surface area contributed by atoms with Gasteiger partial charge in [0.2, 0.25) is 5.75 Å². The zero-order valence-corrected chi connectivity index (χ0v) is 15.5. The average Bonchev–Trinajstić information content (AvgIpc) is 3.13. The Morgan fingerprint density at radius 3 is 2.72 bits per heavy atom. The number of nitrogens with zero attached hydrogens (tertiary/aromatic N) is 1. The molecule has 0 unspecified atom stereocenters. The lowest BCUT2D eigenvalue weighted by Crippen LogP contribution is -2.30. The summed E-state index contributed by atoms with van der Waals surface area (Å²) in [5.74, 6) is -3.04. The molecular formula is C18H15FN4O5S. The van der Waals surface area contributed by atoms with E-state index in [9.17, 15) is 23.9 Å². The SMILES string of the molecule is O=C(NCCc1ccccc1F)Nc1cscc1-c1nc(C(=O)O)c(O)c(=O)[nH]1. The molecule has 0 bridgehead atoms. The second-order valence-corrected chi connectivity index (χ2v) is 6.58. The molecule has 9 nitrogen and oxygen atoms in total. The number of aromatic hydroxyl groups is 1. The fourth-order valence-corrected chi connectivity index (χ4v) is 3.26. The summed E-state index contributed by atoms with van der Waals surface area (Å²) >= 11 is 1.19. The molecule has 0 aliphatic rings. The maximum atomic E-state index is 13.6. The zero-order valence-electron chi connectivity index (χ0n) is 14.7. The van der Waals surface area contributed by atoms with Gasteiger partial charge >= 0.3 is 12.0 Å². The van der Waals surface area contributed by atoms with Crippen LogP contribution in [0.4, 0.5) is 14.9 Å². The van der Waals surface area contributed by atoms with Gasteiger partial charge in [-0.15, -0.1) is 11.3 Å². The van der Waals surface area contributed by atoms with Crippen LogP contribution in [0.2, 0.25) is 0 Å². The number of aromatic carboxylic acids is 1. The third-order valence-electron chi connectivity index (χ3n) is 3.90. The summed E-state index contributed by atoms with van der Waals surface area (Å²) in [4.78, 5) is 41.0. The van der Waals surface area contributed by atoms with Crippen LogP contribution in [0.15, 0.2) is 39.8 Å². The number of aromatic amines is 1. The molecule has 5 N–H and O–H groups in total. The van der Waals surface area contributed by atoms with Gasteiger partial charge in [-0.1, -0.05) is 18.2 Å². The lowest BCUT2D eigenvalue weighted by atomic mass is 10.1. The Kier molecular flexibility index (Phi) is 5.88. The molecule has 150 valence electrons. The van der Waals surface area contributed by atoms with E-state index in [1.54, 1.807) is 29.0 Å². The molecule has 3 rings (SSSR count). The van der Waals surface area contributed by atoms with E-state index in [-0.39, 0.29) is 29.4 Å². The van der Waals surface area contributed by atoms with Crippen LogP contribution < -0.4 is 16.2 Å². The second kappa shape index (κ2) is 8.52. The smallest absolute Gasteiger partial charge is 0.358 e. The summed E-state index contributed by atoms with van der Waals surface area (Å²) in [6.45, 7) is 0.184. The Morgan fingerprint density at radius 1 is 1.24 bits per heavy atom. The number of thiophene rings is 1. The van der Waals surface area contributed by atoms with Crippen LogP contribution in [0.5, 0.6) is 5.75 Å². The number of hydrogen-bond donors (Lipinski definition) is 5. The molecule has 1 aromatic carbocycles. The van der Waals surface area contributed by atoms with Gasteiger partial charge in [-0.05, 0) is 18.1 Å². The highest BCUT2D eigenvalue weighted by molar-refractivity contribution is 7.08. The summed E-state index contributed by atoms with van der Waals surface area (Å²) in [6.07, 6.45) is 0.297. The van der Waals surface area contributed by atoms with Crippen molar-refractivity contribution in [2.75, 3.05) is 11.9 Å². The van der Waals surface area contributed by atoms with Crippen molar-refractivity contribution in [3.05, 3.63) is 62.5 Å². The molecule has 0 saturated heterocycles. The predicted octanol–water partition coefficient (Wildman–Crippen LogP) is 2.41. The minimum atomic E-state index is -1.56. The molecule has 2 heterocycles. The van der Waals surface area contributed by atoms with Gasteiger partial charge in [0.05, 0.1) is 11.3 Å². The Morgan fingerprint density at radius 2 is 2.00 bits per heavy atom. The minimum Gasteiger partial charge on any atom is -0.501 e. The van der Waals surface area contributed by atoms with Gasteiger partial charge in [0.15, 0.2) is 5.69 Å². The van der Waals surface area contributed by atoms with Crippen LogP contribution in [0, 0.1) is 5.82 Å². The maximum absolute atomic E-state index is 13.6. The van der Waals surface area contributed by atoms with E-state index in [1.165, 1.54) is 17.4 Å². The third kappa shape index (κ3) is 4.58. The van der Waals surface area contributed by atoms with E-state index in [0.717, 1.165) is 0 Å². The number of hydrogen-bond acceptors (Lipinski definition) is 6.